The van der Waals surface area contributed by atoms with Crippen LogP contribution in [0.2, 0.25) is 0 Å². The molecular formula is C11H22FNO3. The summed E-state index contributed by atoms with van der Waals surface area (Å²) in [6, 6.07) is 0. The Labute approximate surface area is 96.3 Å². The minimum Gasteiger partial charge on any atom is -0.453 e. The van der Waals surface area contributed by atoms with E-state index in [4.69, 9.17) is 0 Å². The smallest absolute Gasteiger partial charge is 0.404 e. The number of methoxy groups -OCH3 is 1. The van der Waals surface area contributed by atoms with Crippen LogP contribution in [0.5, 0.6) is 0 Å². The van der Waals surface area contributed by atoms with Crippen molar-refractivity contribution in [1.82, 2.24) is 0 Å². The van der Waals surface area contributed by atoms with Gasteiger partial charge >= 0.3 is 6.09 Å². The Morgan fingerprint density at radius 2 is 1.81 bits per heavy atom. The molecule has 1 amide bonds. The lowest BCUT2D eigenvalue weighted by molar-refractivity contribution is -0.108. The van der Waals surface area contributed by atoms with Crippen LogP contribution in [0.15, 0.2) is 0 Å². The molecule has 0 heterocycles. The van der Waals surface area contributed by atoms with Crippen molar-refractivity contribution in [2.45, 2.75) is 38.5 Å². The molecule has 1 rings (SSSR count). The lowest BCUT2D eigenvalue weighted by Gasteiger charge is -2.18. The van der Waals surface area contributed by atoms with Crippen molar-refractivity contribution < 1.29 is 18.7 Å². The minimum atomic E-state index is -0.745. The average Bonchev–Trinajstić information content (AvgIpc) is 2.34. The summed E-state index contributed by atoms with van der Waals surface area (Å²) in [4.78, 5) is 19.4. The number of aldehydes is 1. The van der Waals surface area contributed by atoms with Gasteiger partial charge in [0.15, 0.2) is 0 Å². The normalized spacial score (nSPS) is 14.7. The van der Waals surface area contributed by atoms with E-state index in [-0.39, 0.29) is 0 Å². The van der Waals surface area contributed by atoms with Gasteiger partial charge in [-0.25, -0.2) is 4.79 Å². The number of nitrogens with two attached hydrogens (primary N) is 1. The zero-order valence-electron chi connectivity index (χ0n) is 10.1. The van der Waals surface area contributed by atoms with E-state index in [1.807, 2.05) is 0 Å². The summed E-state index contributed by atoms with van der Waals surface area (Å²) < 4.78 is 13.4. The monoisotopic (exact) mass is 235 g/mol. The Kier molecular flexibility index (Phi) is 15.0. The first-order chi connectivity index (χ1) is 7.70. The molecule has 4 nitrogen and oxygen atoms in total. The third-order valence-corrected chi connectivity index (χ3v) is 2.36. The van der Waals surface area contributed by atoms with Crippen molar-refractivity contribution in [3.63, 3.8) is 0 Å². The van der Waals surface area contributed by atoms with E-state index in [0.717, 1.165) is 18.6 Å². The molecule has 16 heavy (non-hydrogen) atoms. The molecule has 96 valence electrons. The number of carbonyl (C=O) groups excluding carboxylic acids is 2. The topological polar surface area (TPSA) is 69.4 Å². The molecule has 0 aromatic carbocycles. The van der Waals surface area contributed by atoms with Crippen molar-refractivity contribution in [3.05, 3.63) is 0 Å². The Bertz CT molecular complexity index is 171. The highest BCUT2D eigenvalue weighted by Gasteiger charge is 2.11. The Morgan fingerprint density at radius 3 is 2.12 bits per heavy atom. The van der Waals surface area contributed by atoms with Gasteiger partial charge in [0.1, 0.15) is 6.29 Å². The SMILES string of the molecule is CF.COC(N)=O.O=CCC1CCCCC1. The Balaban J connectivity index is 0. The van der Waals surface area contributed by atoms with Crippen LogP contribution in [0, 0.1) is 5.92 Å². The summed E-state index contributed by atoms with van der Waals surface area (Å²) in [5.74, 6) is 0.733. The van der Waals surface area contributed by atoms with Crippen LogP contribution in [0.4, 0.5) is 9.18 Å². The van der Waals surface area contributed by atoms with Crippen LogP contribution in [0.25, 0.3) is 0 Å². The molecule has 1 fully saturated rings. The second kappa shape index (κ2) is 13.9. The third-order valence-electron chi connectivity index (χ3n) is 2.36. The quantitative estimate of drug-likeness (QED) is 0.747. The fraction of sp³-hybridized carbons (Fsp3) is 0.818. The van der Waals surface area contributed by atoms with Gasteiger partial charge in [0.05, 0.1) is 14.3 Å². The fourth-order valence-corrected chi connectivity index (χ4v) is 1.56. The maximum atomic E-state index is 10.1. The zero-order chi connectivity index (χ0) is 12.8. The lowest BCUT2D eigenvalue weighted by atomic mass is 9.87. The highest BCUT2D eigenvalue weighted by molar-refractivity contribution is 5.64. The molecule has 5 heteroatoms. The van der Waals surface area contributed by atoms with Crippen molar-refractivity contribution in [1.29, 1.82) is 0 Å². The van der Waals surface area contributed by atoms with Gasteiger partial charge in [-0.2, -0.15) is 0 Å². The second-order valence-corrected chi connectivity index (χ2v) is 3.43. The van der Waals surface area contributed by atoms with E-state index in [9.17, 15) is 14.0 Å². The van der Waals surface area contributed by atoms with E-state index < -0.39 is 6.09 Å². The second-order valence-electron chi connectivity index (χ2n) is 3.43. The average molecular weight is 235 g/mol. The predicted octanol–water partition coefficient (Wildman–Crippen LogP) is 2.45. The summed E-state index contributed by atoms with van der Waals surface area (Å²) in [6.45, 7) is 0. The lowest BCUT2D eigenvalue weighted by Crippen LogP contribution is -2.08. The largest absolute Gasteiger partial charge is 0.453 e. The third kappa shape index (κ3) is 12.9. The molecule has 0 aromatic rings. The van der Waals surface area contributed by atoms with Crippen LogP contribution in [-0.2, 0) is 9.53 Å². The van der Waals surface area contributed by atoms with Crippen molar-refractivity contribution in [2.75, 3.05) is 14.3 Å². The Hall–Kier alpha value is -1.13. The zero-order valence-corrected chi connectivity index (χ0v) is 10.1. The molecular weight excluding hydrogens is 213 g/mol. The van der Waals surface area contributed by atoms with Gasteiger partial charge in [0.2, 0.25) is 0 Å². The molecule has 0 spiro atoms. The van der Waals surface area contributed by atoms with E-state index in [1.165, 1.54) is 39.2 Å². The molecule has 0 saturated heterocycles. The highest BCUT2D eigenvalue weighted by atomic mass is 19.1. The summed E-state index contributed by atoms with van der Waals surface area (Å²) >= 11 is 0. The Morgan fingerprint density at radius 1 is 1.38 bits per heavy atom. The molecule has 1 saturated carbocycles. The highest BCUT2D eigenvalue weighted by Crippen LogP contribution is 2.24. The van der Waals surface area contributed by atoms with Crippen LogP contribution >= 0.6 is 0 Å². The summed E-state index contributed by atoms with van der Waals surface area (Å²) in [7, 11) is 1.72. The van der Waals surface area contributed by atoms with Crippen molar-refractivity contribution in [3.8, 4) is 0 Å². The number of ether oxygens (including phenoxy) is 1. The van der Waals surface area contributed by atoms with Crippen LogP contribution in [-0.4, -0.2) is 26.7 Å². The number of carbonyl (C=O) groups is 2. The first kappa shape index (κ1) is 17.3. The molecule has 1 aliphatic carbocycles. The maximum Gasteiger partial charge on any atom is 0.404 e. The van der Waals surface area contributed by atoms with Gasteiger partial charge in [0, 0.05) is 6.42 Å². The number of rotatable bonds is 2. The summed E-state index contributed by atoms with van der Waals surface area (Å²) in [5.41, 5.74) is 4.43. The molecule has 0 aliphatic heterocycles. The standard InChI is InChI=1S/C8H14O.C2H5NO2.CH3F/c9-7-6-8-4-2-1-3-5-8;1-5-2(3)4;1-2/h7-8H,1-6H2;1H3,(H2,3,4);1H3. The van der Waals surface area contributed by atoms with Gasteiger partial charge in [-0.3, -0.25) is 4.39 Å². The fourth-order valence-electron chi connectivity index (χ4n) is 1.56. The molecule has 0 radical (unpaired) electrons. The molecule has 0 atom stereocenters. The number of hydrogen-bond acceptors (Lipinski definition) is 3. The van der Waals surface area contributed by atoms with Crippen LogP contribution in [0.1, 0.15) is 38.5 Å². The summed E-state index contributed by atoms with van der Waals surface area (Å²) in [5, 5.41) is 0. The van der Waals surface area contributed by atoms with Gasteiger partial charge in [-0.1, -0.05) is 32.1 Å². The molecule has 1 aliphatic rings. The van der Waals surface area contributed by atoms with Gasteiger partial charge < -0.3 is 15.3 Å². The molecule has 0 aromatic heterocycles. The summed E-state index contributed by atoms with van der Waals surface area (Å²) in [6.07, 6.45) is 7.78. The number of alkyl halides is 1. The van der Waals surface area contributed by atoms with Crippen molar-refractivity contribution in [2.24, 2.45) is 11.7 Å². The van der Waals surface area contributed by atoms with Gasteiger partial charge in [0.25, 0.3) is 0 Å². The first-order valence-corrected chi connectivity index (χ1v) is 5.35. The molecule has 0 bridgehead atoms. The van der Waals surface area contributed by atoms with E-state index in [0.29, 0.717) is 7.18 Å². The van der Waals surface area contributed by atoms with Crippen LogP contribution in [0.3, 0.4) is 0 Å². The molecule has 2 N–H and O–H groups in total. The van der Waals surface area contributed by atoms with Gasteiger partial charge in [-0.05, 0) is 5.92 Å². The molecule has 0 unspecified atom stereocenters. The van der Waals surface area contributed by atoms with E-state index >= 15 is 0 Å². The minimum absolute atomic E-state index is 0.500. The number of amides is 1. The number of hydrogen-bond donors (Lipinski definition) is 1. The van der Waals surface area contributed by atoms with E-state index in [1.54, 1.807) is 0 Å². The number of halogens is 1. The van der Waals surface area contributed by atoms with Crippen LogP contribution < -0.4 is 5.73 Å². The van der Waals surface area contributed by atoms with Crippen molar-refractivity contribution >= 4 is 12.4 Å². The maximum absolute atomic E-state index is 10.1. The predicted molar refractivity (Wildman–Crippen MR) is 60.9 cm³/mol. The number of primary amides is 1. The van der Waals surface area contributed by atoms with Gasteiger partial charge in [-0.15, -0.1) is 0 Å². The first-order valence-electron chi connectivity index (χ1n) is 5.35. The van der Waals surface area contributed by atoms with E-state index in [2.05, 4.69) is 10.5 Å².